The van der Waals surface area contributed by atoms with Gasteiger partial charge >= 0.3 is 6.16 Å². The lowest BCUT2D eigenvalue weighted by Crippen LogP contribution is -2.32. The van der Waals surface area contributed by atoms with Gasteiger partial charge in [-0.25, -0.2) is 4.79 Å². The Hall–Kier alpha value is -1.83. The second-order valence-electron chi connectivity index (χ2n) is 3.88. The number of nitrogens with zero attached hydrogens (tertiary/aromatic N) is 2. The second kappa shape index (κ2) is 9.15. The highest BCUT2D eigenvalue weighted by Crippen LogP contribution is 2.16. The Morgan fingerprint density at radius 2 is 1.58 bits per heavy atom. The first-order valence-electron chi connectivity index (χ1n) is 6.04. The second-order valence-corrected chi connectivity index (χ2v) is 3.88. The first kappa shape index (κ1) is 15.2. The van der Waals surface area contributed by atoms with Gasteiger partial charge in [0, 0.05) is 13.0 Å². The number of carbonyl (C=O) groups is 1. The Morgan fingerprint density at radius 1 is 1.00 bits per heavy atom. The van der Waals surface area contributed by atoms with E-state index in [0.29, 0.717) is 26.1 Å². The van der Waals surface area contributed by atoms with Crippen molar-refractivity contribution >= 4 is 6.16 Å². The van der Waals surface area contributed by atoms with Crippen LogP contribution in [0.5, 0.6) is 0 Å². The molecule has 2 unspecified atom stereocenters. The molecule has 7 heteroatoms. The summed E-state index contributed by atoms with van der Waals surface area (Å²) in [5.74, 6) is 0. The lowest BCUT2D eigenvalue weighted by Gasteiger charge is -2.15. The summed E-state index contributed by atoms with van der Waals surface area (Å²) < 4.78 is 20.4. The minimum absolute atomic E-state index is 0.180. The van der Waals surface area contributed by atoms with Crippen LogP contribution < -0.4 is 0 Å². The highest BCUT2D eigenvalue weighted by Gasteiger charge is 2.36. The quantitative estimate of drug-likeness (QED) is 0.456. The van der Waals surface area contributed by atoms with Gasteiger partial charge in [0.25, 0.3) is 0 Å². The van der Waals surface area contributed by atoms with Crippen molar-refractivity contribution in [1.29, 1.82) is 10.5 Å². The van der Waals surface area contributed by atoms with Crippen molar-refractivity contribution in [2.45, 2.75) is 31.5 Å². The van der Waals surface area contributed by atoms with E-state index in [0.717, 1.165) is 0 Å². The Labute approximate surface area is 111 Å². The van der Waals surface area contributed by atoms with Crippen molar-refractivity contribution in [1.82, 2.24) is 0 Å². The molecule has 0 amide bonds. The van der Waals surface area contributed by atoms with E-state index in [1.807, 2.05) is 12.1 Å². The zero-order valence-electron chi connectivity index (χ0n) is 10.5. The third kappa shape index (κ3) is 6.05. The van der Waals surface area contributed by atoms with Gasteiger partial charge in [0.15, 0.2) is 12.2 Å². The molecule has 1 fully saturated rings. The molecule has 0 spiro atoms. The first-order chi connectivity index (χ1) is 9.27. The van der Waals surface area contributed by atoms with Crippen LogP contribution in [0.3, 0.4) is 0 Å². The van der Waals surface area contributed by atoms with Gasteiger partial charge < -0.3 is 18.9 Å². The molecule has 7 nitrogen and oxygen atoms in total. The summed E-state index contributed by atoms with van der Waals surface area (Å²) in [5, 5.41) is 16.7. The molecule has 1 aliphatic rings. The maximum absolute atomic E-state index is 11.0. The summed E-state index contributed by atoms with van der Waals surface area (Å²) in [7, 11) is 0. The molecule has 1 saturated heterocycles. The normalized spacial score (nSPS) is 21.3. The van der Waals surface area contributed by atoms with Gasteiger partial charge in [0.1, 0.15) is 0 Å². The van der Waals surface area contributed by atoms with Crippen LogP contribution in [0.4, 0.5) is 4.79 Å². The van der Waals surface area contributed by atoms with Crippen molar-refractivity contribution in [2.75, 3.05) is 26.4 Å². The fourth-order valence-corrected chi connectivity index (χ4v) is 1.48. The molecule has 2 atom stereocenters. The minimum atomic E-state index is -0.737. The van der Waals surface area contributed by atoms with Gasteiger partial charge in [-0.1, -0.05) is 0 Å². The largest absolute Gasteiger partial charge is 0.509 e. The number of nitriles is 2. The zero-order valence-corrected chi connectivity index (χ0v) is 10.5. The van der Waals surface area contributed by atoms with E-state index in [1.165, 1.54) is 0 Å². The first-order valence-corrected chi connectivity index (χ1v) is 6.04. The number of cyclic esters (lactones) is 2. The lowest BCUT2D eigenvalue weighted by atomic mass is 10.2. The van der Waals surface area contributed by atoms with Gasteiger partial charge in [-0.2, -0.15) is 10.5 Å². The Bertz CT molecular complexity index is 360. The van der Waals surface area contributed by atoms with Crippen LogP contribution in [-0.4, -0.2) is 44.8 Å². The highest BCUT2D eigenvalue weighted by atomic mass is 16.8. The predicted octanol–water partition coefficient (Wildman–Crippen LogP) is 1.14. The maximum atomic E-state index is 11.0. The van der Waals surface area contributed by atoms with E-state index in [2.05, 4.69) is 0 Å². The average Bonchev–Trinajstić information content (AvgIpc) is 2.75. The molecule has 1 rings (SSSR count). The summed E-state index contributed by atoms with van der Waals surface area (Å²) in [6.07, 6.45) is -0.391. The summed E-state index contributed by atoms with van der Waals surface area (Å²) >= 11 is 0. The summed E-state index contributed by atoms with van der Waals surface area (Å²) in [5.41, 5.74) is 0. The van der Waals surface area contributed by atoms with Crippen LogP contribution in [0.2, 0.25) is 0 Å². The molecule has 0 aromatic carbocycles. The van der Waals surface area contributed by atoms with Crippen LogP contribution in [0.1, 0.15) is 19.3 Å². The van der Waals surface area contributed by atoms with Crippen LogP contribution in [0.15, 0.2) is 0 Å². The Balaban J connectivity index is 2.20. The molecular weight excluding hydrogens is 252 g/mol. The average molecular weight is 268 g/mol. The number of hydrogen-bond acceptors (Lipinski definition) is 7. The zero-order chi connectivity index (χ0) is 13.9. The number of ether oxygens (including phenoxy) is 4. The Kier molecular flexibility index (Phi) is 7.33. The molecule has 1 heterocycles. The van der Waals surface area contributed by atoms with Gasteiger partial charge in [0.05, 0.1) is 38.4 Å². The molecule has 0 radical (unpaired) electrons. The Morgan fingerprint density at radius 3 is 2.16 bits per heavy atom. The molecule has 1 aliphatic heterocycles. The molecule has 0 aliphatic carbocycles. The molecule has 0 N–H and O–H groups in total. The fraction of sp³-hybridized carbons (Fsp3) is 0.750. The SMILES string of the molecule is N#CCCCOCC1OC(=O)OC1COCCC#N. The molecule has 0 aromatic rings. The van der Waals surface area contributed by atoms with Crippen LogP contribution in [0, 0.1) is 22.7 Å². The molecule has 104 valence electrons. The maximum Gasteiger partial charge on any atom is 0.509 e. The standard InChI is InChI=1S/C12H16N2O5/c13-4-1-2-6-16-8-10-11(19-12(15)18-10)9-17-7-3-5-14/h10-11H,1-3,6-9H2. The van der Waals surface area contributed by atoms with Crippen molar-refractivity contribution in [3.05, 3.63) is 0 Å². The number of unbranched alkanes of at least 4 members (excludes halogenated alkanes) is 1. The monoisotopic (exact) mass is 268 g/mol. The minimum Gasteiger partial charge on any atom is -0.424 e. The van der Waals surface area contributed by atoms with E-state index in [9.17, 15) is 4.79 Å². The van der Waals surface area contributed by atoms with Crippen molar-refractivity contribution in [3.63, 3.8) is 0 Å². The van der Waals surface area contributed by atoms with Crippen LogP contribution >= 0.6 is 0 Å². The van der Waals surface area contributed by atoms with Crippen molar-refractivity contribution < 1.29 is 23.7 Å². The smallest absolute Gasteiger partial charge is 0.424 e. The fourth-order valence-electron chi connectivity index (χ4n) is 1.48. The predicted molar refractivity (Wildman–Crippen MR) is 61.9 cm³/mol. The van der Waals surface area contributed by atoms with Crippen molar-refractivity contribution in [3.8, 4) is 12.1 Å². The third-order valence-corrected chi connectivity index (χ3v) is 2.41. The lowest BCUT2D eigenvalue weighted by molar-refractivity contribution is -0.00320. The summed E-state index contributed by atoms with van der Waals surface area (Å²) in [6, 6.07) is 3.97. The molecular formula is C12H16N2O5. The highest BCUT2D eigenvalue weighted by molar-refractivity contribution is 5.62. The number of hydrogen-bond donors (Lipinski definition) is 0. The number of carbonyl (C=O) groups excluding carboxylic acids is 1. The summed E-state index contributed by atoms with van der Waals surface area (Å²) in [6.45, 7) is 1.12. The van der Waals surface area contributed by atoms with Gasteiger partial charge in [-0.05, 0) is 6.42 Å². The van der Waals surface area contributed by atoms with E-state index in [1.54, 1.807) is 0 Å². The molecule has 0 bridgehead atoms. The topological polar surface area (TPSA) is 102 Å². The van der Waals surface area contributed by atoms with Crippen LogP contribution in [-0.2, 0) is 18.9 Å². The molecule has 19 heavy (non-hydrogen) atoms. The van der Waals surface area contributed by atoms with Gasteiger partial charge in [0.2, 0.25) is 0 Å². The molecule has 0 saturated carbocycles. The number of rotatable bonds is 9. The van der Waals surface area contributed by atoms with Gasteiger partial charge in [-0.3, -0.25) is 0 Å². The van der Waals surface area contributed by atoms with Crippen LogP contribution in [0.25, 0.3) is 0 Å². The van der Waals surface area contributed by atoms with E-state index in [-0.39, 0.29) is 19.6 Å². The van der Waals surface area contributed by atoms with Crippen molar-refractivity contribution in [2.24, 2.45) is 0 Å². The van der Waals surface area contributed by atoms with E-state index >= 15 is 0 Å². The van der Waals surface area contributed by atoms with E-state index < -0.39 is 18.4 Å². The van der Waals surface area contributed by atoms with E-state index in [4.69, 9.17) is 29.5 Å². The summed E-state index contributed by atoms with van der Waals surface area (Å²) in [4.78, 5) is 11.0. The van der Waals surface area contributed by atoms with Gasteiger partial charge in [-0.15, -0.1) is 0 Å². The third-order valence-electron chi connectivity index (χ3n) is 2.41. The molecule has 0 aromatic heterocycles.